The van der Waals surface area contributed by atoms with Gasteiger partial charge in [-0.15, -0.1) is 0 Å². The molecule has 2 aromatic rings. The third-order valence-electron chi connectivity index (χ3n) is 3.53. The number of rotatable bonds is 1. The van der Waals surface area contributed by atoms with E-state index in [0.29, 0.717) is 11.7 Å². The maximum absolute atomic E-state index is 6.00. The Morgan fingerprint density at radius 1 is 1.10 bits per heavy atom. The van der Waals surface area contributed by atoms with Gasteiger partial charge in [0.1, 0.15) is 17.7 Å². The lowest BCUT2D eigenvalue weighted by Crippen LogP contribution is -2.33. The monoisotopic (exact) mass is 267 g/mol. The van der Waals surface area contributed by atoms with Crippen LogP contribution in [0.1, 0.15) is 30.5 Å². The molecule has 1 aromatic carbocycles. The standard InChI is InChI=1S/C16H17N3O/c1-10-4-6-11(7-5-10)13-8-12-14(17)18-9-19-15(12)20-16(13,2)3/h4-9H,1-3H3,(H2,17,18,19). The molecule has 2 heterocycles. The SMILES string of the molecule is Cc1ccc(C2=Cc3c(N)ncnc3OC2(C)C)cc1. The van der Waals surface area contributed by atoms with Crippen molar-refractivity contribution in [2.24, 2.45) is 0 Å². The van der Waals surface area contributed by atoms with Gasteiger partial charge < -0.3 is 10.5 Å². The van der Waals surface area contributed by atoms with E-state index in [1.807, 2.05) is 19.9 Å². The number of anilines is 1. The van der Waals surface area contributed by atoms with E-state index in [2.05, 4.69) is 41.2 Å². The number of aryl methyl sites for hydroxylation is 1. The Bertz CT molecular complexity index is 687. The number of ether oxygens (including phenoxy) is 1. The normalized spacial score (nSPS) is 16.1. The molecule has 0 amide bonds. The highest BCUT2D eigenvalue weighted by atomic mass is 16.5. The van der Waals surface area contributed by atoms with Crippen molar-refractivity contribution in [3.05, 3.63) is 47.3 Å². The van der Waals surface area contributed by atoms with Crippen LogP contribution in [0.5, 0.6) is 5.88 Å². The van der Waals surface area contributed by atoms with Gasteiger partial charge in [-0.05, 0) is 32.4 Å². The fourth-order valence-electron chi connectivity index (χ4n) is 2.39. The van der Waals surface area contributed by atoms with Crippen LogP contribution < -0.4 is 10.5 Å². The summed E-state index contributed by atoms with van der Waals surface area (Å²) in [6.45, 7) is 6.13. The molecular formula is C16H17N3O. The summed E-state index contributed by atoms with van der Waals surface area (Å²) in [7, 11) is 0. The number of nitrogens with zero attached hydrogens (tertiary/aromatic N) is 2. The average Bonchev–Trinajstić information content (AvgIpc) is 2.39. The van der Waals surface area contributed by atoms with E-state index < -0.39 is 5.60 Å². The molecule has 1 aromatic heterocycles. The van der Waals surface area contributed by atoms with Crippen LogP contribution >= 0.6 is 0 Å². The van der Waals surface area contributed by atoms with Crippen LogP contribution in [0.25, 0.3) is 11.6 Å². The Morgan fingerprint density at radius 2 is 1.80 bits per heavy atom. The molecule has 20 heavy (non-hydrogen) atoms. The van der Waals surface area contributed by atoms with Crippen molar-refractivity contribution in [3.8, 4) is 5.88 Å². The molecule has 1 aliphatic heterocycles. The minimum Gasteiger partial charge on any atom is -0.466 e. The molecule has 102 valence electrons. The predicted octanol–water partition coefficient (Wildman–Crippen LogP) is 3.08. The zero-order chi connectivity index (χ0) is 14.3. The van der Waals surface area contributed by atoms with Crippen LogP contribution in [0.4, 0.5) is 5.82 Å². The van der Waals surface area contributed by atoms with E-state index in [0.717, 1.165) is 16.7 Å². The molecule has 0 radical (unpaired) electrons. The second-order valence-electron chi connectivity index (χ2n) is 5.51. The van der Waals surface area contributed by atoms with Gasteiger partial charge in [0.05, 0.1) is 5.56 Å². The summed E-state index contributed by atoms with van der Waals surface area (Å²) >= 11 is 0. The van der Waals surface area contributed by atoms with E-state index >= 15 is 0 Å². The number of nitrogen functional groups attached to an aromatic ring is 1. The van der Waals surface area contributed by atoms with Crippen LogP contribution in [0.3, 0.4) is 0 Å². The van der Waals surface area contributed by atoms with E-state index in [4.69, 9.17) is 10.5 Å². The minimum atomic E-state index is -0.455. The van der Waals surface area contributed by atoms with Crippen LogP contribution in [-0.2, 0) is 0 Å². The summed E-state index contributed by atoms with van der Waals surface area (Å²) in [5, 5.41) is 0. The molecule has 4 heteroatoms. The first kappa shape index (κ1) is 12.7. The molecule has 0 atom stereocenters. The summed E-state index contributed by atoms with van der Waals surface area (Å²) in [5.41, 5.74) is 9.64. The molecular weight excluding hydrogens is 250 g/mol. The molecule has 0 aliphatic carbocycles. The second-order valence-corrected chi connectivity index (χ2v) is 5.51. The quantitative estimate of drug-likeness (QED) is 0.862. The van der Waals surface area contributed by atoms with Crippen LogP contribution in [0.15, 0.2) is 30.6 Å². The van der Waals surface area contributed by atoms with Crippen LogP contribution in [0, 0.1) is 6.92 Å². The summed E-state index contributed by atoms with van der Waals surface area (Å²) in [6.07, 6.45) is 3.45. The number of hydrogen-bond acceptors (Lipinski definition) is 4. The average molecular weight is 267 g/mol. The first-order valence-corrected chi connectivity index (χ1v) is 6.56. The summed E-state index contributed by atoms with van der Waals surface area (Å²) in [5.74, 6) is 0.980. The summed E-state index contributed by atoms with van der Waals surface area (Å²) < 4.78 is 6.00. The molecule has 0 unspecified atom stereocenters. The maximum Gasteiger partial charge on any atom is 0.226 e. The molecule has 1 aliphatic rings. The fourth-order valence-corrected chi connectivity index (χ4v) is 2.39. The summed E-state index contributed by atoms with van der Waals surface area (Å²) in [6, 6.07) is 8.37. The molecule has 0 saturated heterocycles. The molecule has 3 rings (SSSR count). The molecule has 2 N–H and O–H groups in total. The first-order chi connectivity index (χ1) is 9.47. The summed E-state index contributed by atoms with van der Waals surface area (Å²) in [4.78, 5) is 8.18. The topological polar surface area (TPSA) is 61.0 Å². The van der Waals surface area contributed by atoms with Gasteiger partial charge in [-0.25, -0.2) is 9.97 Å². The molecule has 0 bridgehead atoms. The highest BCUT2D eigenvalue weighted by Gasteiger charge is 2.32. The van der Waals surface area contributed by atoms with Gasteiger partial charge in [-0.3, -0.25) is 0 Å². The Morgan fingerprint density at radius 3 is 2.50 bits per heavy atom. The minimum absolute atomic E-state index is 0.440. The fraction of sp³-hybridized carbons (Fsp3) is 0.250. The van der Waals surface area contributed by atoms with Crippen molar-refractivity contribution in [1.82, 2.24) is 9.97 Å². The van der Waals surface area contributed by atoms with Crippen LogP contribution in [-0.4, -0.2) is 15.6 Å². The number of fused-ring (bicyclic) bond motifs is 1. The van der Waals surface area contributed by atoms with E-state index in [-0.39, 0.29) is 0 Å². The first-order valence-electron chi connectivity index (χ1n) is 6.56. The Hall–Kier alpha value is -2.36. The van der Waals surface area contributed by atoms with Gasteiger partial charge in [0.2, 0.25) is 5.88 Å². The lowest BCUT2D eigenvalue weighted by Gasteiger charge is -2.33. The van der Waals surface area contributed by atoms with Crippen molar-refractivity contribution in [2.75, 3.05) is 5.73 Å². The molecule has 0 fully saturated rings. The maximum atomic E-state index is 6.00. The number of aromatic nitrogens is 2. The van der Waals surface area contributed by atoms with Crippen molar-refractivity contribution in [1.29, 1.82) is 0 Å². The third-order valence-corrected chi connectivity index (χ3v) is 3.53. The second kappa shape index (κ2) is 4.34. The predicted molar refractivity (Wildman–Crippen MR) is 80.2 cm³/mol. The van der Waals surface area contributed by atoms with Crippen molar-refractivity contribution >= 4 is 17.5 Å². The smallest absolute Gasteiger partial charge is 0.226 e. The highest BCUT2D eigenvalue weighted by Crippen LogP contribution is 2.40. The number of benzene rings is 1. The Labute approximate surface area is 118 Å². The Balaban J connectivity index is 2.17. The van der Waals surface area contributed by atoms with Gasteiger partial charge in [0, 0.05) is 5.57 Å². The zero-order valence-corrected chi connectivity index (χ0v) is 11.8. The van der Waals surface area contributed by atoms with E-state index in [1.54, 1.807) is 0 Å². The van der Waals surface area contributed by atoms with Crippen molar-refractivity contribution in [2.45, 2.75) is 26.4 Å². The van der Waals surface area contributed by atoms with Crippen LogP contribution in [0.2, 0.25) is 0 Å². The van der Waals surface area contributed by atoms with Gasteiger partial charge in [-0.1, -0.05) is 29.8 Å². The number of hydrogen-bond donors (Lipinski definition) is 1. The molecule has 4 nitrogen and oxygen atoms in total. The van der Waals surface area contributed by atoms with Crippen molar-refractivity contribution in [3.63, 3.8) is 0 Å². The lowest BCUT2D eigenvalue weighted by atomic mass is 9.87. The van der Waals surface area contributed by atoms with Gasteiger partial charge >= 0.3 is 0 Å². The lowest BCUT2D eigenvalue weighted by molar-refractivity contribution is 0.161. The van der Waals surface area contributed by atoms with Crippen molar-refractivity contribution < 1.29 is 4.74 Å². The Kier molecular flexibility index (Phi) is 2.74. The van der Waals surface area contributed by atoms with Gasteiger partial charge in [0.15, 0.2) is 0 Å². The highest BCUT2D eigenvalue weighted by molar-refractivity contribution is 5.90. The van der Waals surface area contributed by atoms with Gasteiger partial charge in [0.25, 0.3) is 0 Å². The molecule has 0 spiro atoms. The molecule has 0 saturated carbocycles. The third kappa shape index (κ3) is 2.03. The van der Waals surface area contributed by atoms with E-state index in [1.165, 1.54) is 11.9 Å². The largest absolute Gasteiger partial charge is 0.466 e. The van der Waals surface area contributed by atoms with Gasteiger partial charge in [-0.2, -0.15) is 0 Å². The zero-order valence-electron chi connectivity index (χ0n) is 11.8. The number of nitrogens with two attached hydrogens (primary N) is 1. The van der Waals surface area contributed by atoms with E-state index in [9.17, 15) is 0 Å².